The molecule has 10 aromatic rings. The second-order valence-corrected chi connectivity index (χ2v) is 16.3. The molecule has 0 saturated heterocycles. The van der Waals surface area contributed by atoms with Crippen LogP contribution in [0.1, 0.15) is 47.5 Å². The minimum atomic E-state index is -0.536. The molecule has 56 heavy (non-hydrogen) atoms. The minimum absolute atomic E-state index is 0.0867. The van der Waals surface area contributed by atoms with Gasteiger partial charge in [-0.2, -0.15) is 0 Å². The van der Waals surface area contributed by atoms with Crippen LogP contribution in [0.25, 0.3) is 77.6 Å². The summed E-state index contributed by atoms with van der Waals surface area (Å²) in [5.41, 5.74) is 20.8. The molecule has 13 rings (SSSR count). The van der Waals surface area contributed by atoms with Gasteiger partial charge in [0.05, 0.1) is 27.8 Å². The van der Waals surface area contributed by atoms with E-state index in [0.717, 1.165) is 16.9 Å². The summed E-state index contributed by atoms with van der Waals surface area (Å²) in [7, 11) is 0. The first-order chi connectivity index (χ1) is 27.5. The van der Waals surface area contributed by atoms with E-state index in [1.165, 1.54) is 94.4 Å². The van der Waals surface area contributed by atoms with Crippen molar-refractivity contribution in [3.8, 4) is 44.8 Å². The average Bonchev–Trinajstić information content (AvgIpc) is 4.00. The third-order valence-electron chi connectivity index (χ3n) is 13.3. The molecule has 0 bridgehead atoms. The Morgan fingerprint density at radius 1 is 0.429 bits per heavy atom. The lowest BCUT2D eigenvalue weighted by Gasteiger charge is -2.27. The molecule has 0 fully saturated rings. The number of imidazole rings is 1. The number of hydrogen-bond acceptors (Lipinski definition) is 1. The van der Waals surface area contributed by atoms with E-state index in [-0.39, 0.29) is 5.41 Å². The molecule has 0 saturated carbocycles. The van der Waals surface area contributed by atoms with Crippen molar-refractivity contribution >= 4 is 32.8 Å². The fourth-order valence-electron chi connectivity index (χ4n) is 11.0. The highest BCUT2D eigenvalue weighted by Gasteiger charge is 2.54. The number of aromatic nitrogens is 3. The van der Waals surface area contributed by atoms with Gasteiger partial charge in [0, 0.05) is 21.9 Å². The van der Waals surface area contributed by atoms with Crippen molar-refractivity contribution in [3.05, 3.63) is 210 Å². The molecule has 1 unspecified atom stereocenters. The quantitative estimate of drug-likeness (QED) is 0.175. The van der Waals surface area contributed by atoms with Crippen molar-refractivity contribution in [1.82, 2.24) is 14.1 Å². The van der Waals surface area contributed by atoms with Crippen molar-refractivity contribution in [2.75, 3.05) is 0 Å². The molecule has 2 aliphatic carbocycles. The van der Waals surface area contributed by atoms with Gasteiger partial charge in [-0.05, 0) is 116 Å². The fourth-order valence-corrected chi connectivity index (χ4v) is 11.0. The smallest absolute Gasteiger partial charge is 0.134 e. The lowest BCUT2D eigenvalue weighted by molar-refractivity contribution is 0.661. The molecule has 1 spiro atoms. The summed E-state index contributed by atoms with van der Waals surface area (Å²) in [6.07, 6.45) is 0. The third-order valence-corrected chi connectivity index (χ3v) is 13.3. The van der Waals surface area contributed by atoms with Crippen LogP contribution in [0.15, 0.2) is 176 Å². The maximum atomic E-state index is 5.46. The van der Waals surface area contributed by atoms with Gasteiger partial charge in [0.15, 0.2) is 0 Å². The molecule has 0 N–H and O–H groups in total. The van der Waals surface area contributed by atoms with Crippen molar-refractivity contribution < 1.29 is 0 Å². The monoisotopic (exact) mass is 713 g/mol. The number of nitrogens with zero attached hydrogens (tertiary/aromatic N) is 3. The normalized spacial score (nSPS) is 16.6. The molecule has 8 aromatic carbocycles. The molecule has 2 aromatic heterocycles. The molecule has 0 amide bonds. The Morgan fingerprint density at radius 3 is 1.98 bits per heavy atom. The van der Waals surface area contributed by atoms with Gasteiger partial charge in [-0.1, -0.05) is 135 Å². The Bertz CT molecular complexity index is 3340. The minimum Gasteiger partial charge on any atom is -0.309 e. The first-order valence-electron chi connectivity index (χ1n) is 19.6. The van der Waals surface area contributed by atoms with E-state index in [2.05, 4.69) is 199 Å². The van der Waals surface area contributed by atoms with Gasteiger partial charge in [0.25, 0.3) is 0 Å². The zero-order chi connectivity index (χ0) is 36.9. The van der Waals surface area contributed by atoms with E-state index in [9.17, 15) is 0 Å². The summed E-state index contributed by atoms with van der Waals surface area (Å²) in [5, 5.41) is 2.54. The predicted octanol–water partition coefficient (Wildman–Crippen LogP) is 12.8. The summed E-state index contributed by atoms with van der Waals surface area (Å²) in [6.45, 7) is 4.74. The average molecular weight is 714 g/mol. The SMILES string of the molecule is CC1(C)c2ccccc2-c2cc3c4cc(-c5cccc6c5-c5ccccc5C65c6ccccc6-n6c5nc5ccccc56)ccc4n(-c4ccccc4)c3cc21. The summed E-state index contributed by atoms with van der Waals surface area (Å²) in [6, 6.07) is 65.4. The highest BCUT2D eigenvalue weighted by molar-refractivity contribution is 6.13. The van der Waals surface area contributed by atoms with Crippen LogP contribution in [-0.4, -0.2) is 14.1 Å². The lowest BCUT2D eigenvalue weighted by atomic mass is 9.73. The molecule has 0 radical (unpaired) electrons. The number of hydrogen-bond donors (Lipinski definition) is 0. The zero-order valence-corrected chi connectivity index (χ0v) is 31.1. The number of benzene rings is 8. The molecule has 3 heteroatoms. The third kappa shape index (κ3) is 3.53. The van der Waals surface area contributed by atoms with Crippen LogP contribution in [0, 0.1) is 0 Å². The first kappa shape index (κ1) is 30.4. The predicted molar refractivity (Wildman–Crippen MR) is 229 cm³/mol. The van der Waals surface area contributed by atoms with Crippen LogP contribution >= 0.6 is 0 Å². The van der Waals surface area contributed by atoms with Crippen molar-refractivity contribution in [1.29, 1.82) is 0 Å². The zero-order valence-electron chi connectivity index (χ0n) is 31.1. The van der Waals surface area contributed by atoms with Crippen LogP contribution in [0.4, 0.5) is 0 Å². The van der Waals surface area contributed by atoms with Crippen molar-refractivity contribution in [2.45, 2.75) is 24.7 Å². The van der Waals surface area contributed by atoms with Gasteiger partial charge in [-0.3, -0.25) is 4.57 Å². The second kappa shape index (κ2) is 10.4. The van der Waals surface area contributed by atoms with Gasteiger partial charge in [0.1, 0.15) is 11.2 Å². The Kier molecular flexibility index (Phi) is 5.64. The van der Waals surface area contributed by atoms with E-state index in [4.69, 9.17) is 4.98 Å². The van der Waals surface area contributed by atoms with Crippen molar-refractivity contribution in [2.24, 2.45) is 0 Å². The van der Waals surface area contributed by atoms with E-state index in [0.29, 0.717) is 0 Å². The Labute approximate surface area is 324 Å². The topological polar surface area (TPSA) is 22.8 Å². The number of fused-ring (bicyclic) bond motifs is 18. The van der Waals surface area contributed by atoms with Crippen LogP contribution in [0.2, 0.25) is 0 Å². The Hall–Kier alpha value is -6.97. The maximum Gasteiger partial charge on any atom is 0.134 e. The molecule has 3 heterocycles. The largest absolute Gasteiger partial charge is 0.309 e. The van der Waals surface area contributed by atoms with Crippen LogP contribution in [0.3, 0.4) is 0 Å². The van der Waals surface area contributed by atoms with Gasteiger partial charge in [0.2, 0.25) is 0 Å². The summed E-state index contributed by atoms with van der Waals surface area (Å²) in [4.78, 5) is 5.46. The van der Waals surface area contributed by atoms with E-state index in [1.807, 2.05) is 0 Å². The first-order valence-corrected chi connectivity index (χ1v) is 19.6. The number of para-hydroxylation sites is 4. The molecule has 3 nitrogen and oxygen atoms in total. The van der Waals surface area contributed by atoms with Gasteiger partial charge in [-0.15, -0.1) is 0 Å². The van der Waals surface area contributed by atoms with Gasteiger partial charge >= 0.3 is 0 Å². The summed E-state index contributed by atoms with van der Waals surface area (Å²) >= 11 is 0. The highest BCUT2D eigenvalue weighted by atomic mass is 15.1. The van der Waals surface area contributed by atoms with Crippen molar-refractivity contribution in [3.63, 3.8) is 0 Å². The summed E-state index contributed by atoms with van der Waals surface area (Å²) in [5.74, 6) is 1.07. The van der Waals surface area contributed by atoms with Crippen LogP contribution in [0.5, 0.6) is 0 Å². The molecular formula is C53H35N3. The summed E-state index contributed by atoms with van der Waals surface area (Å²) < 4.78 is 4.87. The molecule has 262 valence electrons. The number of rotatable bonds is 2. The molecule has 1 aliphatic heterocycles. The van der Waals surface area contributed by atoms with Gasteiger partial charge < -0.3 is 4.57 Å². The Morgan fingerprint density at radius 2 is 1.11 bits per heavy atom. The standard InChI is InChI=1S/C53H35N3/c1-52(2)40-20-8-6-17-35(40)37-30-39-38-29-32(27-28-46(38)55(49(39)31-44(37)52)33-15-4-3-5-16-33)34-19-14-23-43-50(34)36-18-7-9-21-41(36)53(43)42-22-10-12-25-47(42)56-48-26-13-11-24-45(48)54-51(53)56/h3-31H,1-2H3. The van der Waals surface area contributed by atoms with Crippen LogP contribution < -0.4 is 0 Å². The van der Waals surface area contributed by atoms with Gasteiger partial charge in [-0.25, -0.2) is 4.98 Å². The fraction of sp³-hybridized carbons (Fsp3) is 0.0755. The maximum absolute atomic E-state index is 5.46. The van der Waals surface area contributed by atoms with E-state index < -0.39 is 5.41 Å². The highest BCUT2D eigenvalue weighted by Crippen LogP contribution is 2.62. The second-order valence-electron chi connectivity index (χ2n) is 16.3. The molecule has 3 aliphatic rings. The lowest BCUT2D eigenvalue weighted by Crippen LogP contribution is -2.27. The Balaban J connectivity index is 1.11. The molecule has 1 atom stereocenters. The van der Waals surface area contributed by atoms with E-state index >= 15 is 0 Å². The van der Waals surface area contributed by atoms with Crippen LogP contribution in [-0.2, 0) is 10.8 Å². The molecular weight excluding hydrogens is 679 g/mol. The van der Waals surface area contributed by atoms with E-state index in [1.54, 1.807) is 0 Å².